The molecule has 1 rings (SSSR count). The zero-order valence-corrected chi connectivity index (χ0v) is 10.6. The molecular weight excluding hydrogens is 243 g/mol. The lowest BCUT2D eigenvalue weighted by Gasteiger charge is -2.06. The number of thioether (sulfide) groups is 2. The lowest BCUT2D eigenvalue weighted by atomic mass is 10.3. The van der Waals surface area contributed by atoms with Crippen molar-refractivity contribution in [3.63, 3.8) is 0 Å². The van der Waals surface area contributed by atoms with Crippen LogP contribution in [0.2, 0.25) is 10.0 Å². The first-order chi connectivity index (χ1) is 6.19. The summed E-state index contributed by atoms with van der Waals surface area (Å²) >= 11 is 15.4. The van der Waals surface area contributed by atoms with Gasteiger partial charge in [0.1, 0.15) is 0 Å². The Labute approximate surface area is 97.4 Å². The van der Waals surface area contributed by atoms with Crippen molar-refractivity contribution in [2.75, 3.05) is 12.0 Å². The van der Waals surface area contributed by atoms with Crippen LogP contribution < -0.4 is 0 Å². The van der Waals surface area contributed by atoms with Gasteiger partial charge in [-0.2, -0.15) is 0 Å². The highest BCUT2D eigenvalue weighted by molar-refractivity contribution is 7.99. The Kier molecular flexibility index (Phi) is 4.81. The lowest BCUT2D eigenvalue weighted by molar-refractivity contribution is 1.35. The fourth-order valence-electron chi connectivity index (χ4n) is 0.933. The van der Waals surface area contributed by atoms with E-state index in [0.717, 1.165) is 25.6 Å². The third-order valence-corrected chi connectivity index (χ3v) is 4.07. The molecule has 1 aromatic carbocycles. The first-order valence-electron chi connectivity index (χ1n) is 3.84. The highest BCUT2D eigenvalue weighted by Crippen LogP contribution is 2.35. The van der Waals surface area contributed by atoms with Crippen LogP contribution in [-0.4, -0.2) is 12.0 Å². The van der Waals surface area contributed by atoms with Crippen LogP contribution in [0.15, 0.2) is 21.9 Å². The van der Waals surface area contributed by atoms with Crippen LogP contribution in [0.25, 0.3) is 0 Å². The van der Waals surface area contributed by atoms with E-state index >= 15 is 0 Å². The molecule has 0 amide bonds. The quantitative estimate of drug-likeness (QED) is 0.708. The second kappa shape index (κ2) is 5.40. The second-order valence-corrected chi connectivity index (χ2v) is 5.32. The first kappa shape index (κ1) is 11.6. The van der Waals surface area contributed by atoms with Crippen molar-refractivity contribution >= 4 is 46.7 Å². The van der Waals surface area contributed by atoms with Gasteiger partial charge in [-0.25, -0.2) is 0 Å². The molecule has 0 aliphatic rings. The molecule has 1 aromatic rings. The molecular formula is C9H10Cl2S2. The van der Waals surface area contributed by atoms with E-state index in [-0.39, 0.29) is 0 Å². The molecule has 0 saturated carbocycles. The van der Waals surface area contributed by atoms with Gasteiger partial charge in [0.2, 0.25) is 0 Å². The van der Waals surface area contributed by atoms with Crippen molar-refractivity contribution in [1.29, 1.82) is 0 Å². The summed E-state index contributed by atoms with van der Waals surface area (Å²) in [6.45, 7) is 2.09. The Morgan fingerprint density at radius 3 is 2.23 bits per heavy atom. The summed E-state index contributed by atoms with van der Waals surface area (Å²) in [6.07, 6.45) is 1.99. The average Bonchev–Trinajstić information content (AvgIpc) is 2.11. The molecule has 0 aliphatic carbocycles. The van der Waals surface area contributed by atoms with Gasteiger partial charge in [-0.3, -0.25) is 0 Å². The number of halogens is 2. The maximum atomic E-state index is 6.07. The van der Waals surface area contributed by atoms with Crippen molar-refractivity contribution < 1.29 is 0 Å². The summed E-state index contributed by atoms with van der Waals surface area (Å²) in [5.41, 5.74) is 0. The molecule has 0 fully saturated rings. The maximum Gasteiger partial charge on any atom is 0.0554 e. The molecule has 0 nitrogen and oxygen atoms in total. The van der Waals surface area contributed by atoms with E-state index in [1.54, 1.807) is 23.5 Å². The van der Waals surface area contributed by atoms with Crippen LogP contribution in [0.5, 0.6) is 0 Å². The smallest absolute Gasteiger partial charge is 0.0554 e. The Bertz CT molecular complexity index is 300. The van der Waals surface area contributed by atoms with E-state index in [1.165, 1.54) is 0 Å². The van der Waals surface area contributed by atoms with Gasteiger partial charge in [-0.1, -0.05) is 30.1 Å². The van der Waals surface area contributed by atoms with E-state index in [4.69, 9.17) is 23.2 Å². The van der Waals surface area contributed by atoms with Crippen LogP contribution in [0, 0.1) is 0 Å². The predicted molar refractivity (Wildman–Crippen MR) is 64.6 cm³/mol. The van der Waals surface area contributed by atoms with Crippen molar-refractivity contribution in [2.45, 2.75) is 16.7 Å². The summed E-state index contributed by atoms with van der Waals surface area (Å²) in [4.78, 5) is 2.10. The molecule has 0 saturated heterocycles. The summed E-state index contributed by atoms with van der Waals surface area (Å²) < 4.78 is 0. The Hall–Kier alpha value is 0.500. The number of hydrogen-bond acceptors (Lipinski definition) is 2. The Morgan fingerprint density at radius 2 is 1.69 bits per heavy atom. The van der Waals surface area contributed by atoms with Crippen molar-refractivity contribution in [3.8, 4) is 0 Å². The predicted octanol–water partition coefficient (Wildman–Crippen LogP) is 4.83. The van der Waals surface area contributed by atoms with E-state index in [0.29, 0.717) is 0 Å². The molecule has 0 unspecified atom stereocenters. The van der Waals surface area contributed by atoms with Gasteiger partial charge in [0.05, 0.1) is 10.0 Å². The summed E-state index contributed by atoms with van der Waals surface area (Å²) in [6, 6.07) is 3.86. The zero-order chi connectivity index (χ0) is 9.84. The Balaban J connectivity index is 3.05. The standard InChI is InChI=1S/C9H10Cl2S2/c1-3-13-9-5-6(10)8(12-2)4-7(9)11/h4-5H,3H2,1-2H3. The largest absolute Gasteiger partial charge is 0.128 e. The summed E-state index contributed by atoms with van der Waals surface area (Å²) in [7, 11) is 0. The SMILES string of the molecule is CCSc1cc(Cl)c(SC)cc1Cl. The maximum absolute atomic E-state index is 6.07. The van der Waals surface area contributed by atoms with Gasteiger partial charge in [0, 0.05) is 9.79 Å². The molecule has 0 radical (unpaired) electrons. The van der Waals surface area contributed by atoms with E-state index in [1.807, 2.05) is 18.4 Å². The van der Waals surface area contributed by atoms with E-state index in [2.05, 4.69) is 6.92 Å². The molecule has 0 atom stereocenters. The molecule has 0 aliphatic heterocycles. The number of benzene rings is 1. The monoisotopic (exact) mass is 252 g/mol. The van der Waals surface area contributed by atoms with Crippen LogP contribution in [0.1, 0.15) is 6.92 Å². The van der Waals surface area contributed by atoms with E-state index in [9.17, 15) is 0 Å². The minimum Gasteiger partial charge on any atom is -0.128 e. The number of hydrogen-bond donors (Lipinski definition) is 0. The van der Waals surface area contributed by atoms with Gasteiger partial charge in [0.25, 0.3) is 0 Å². The van der Waals surface area contributed by atoms with Crippen LogP contribution >= 0.6 is 46.7 Å². The van der Waals surface area contributed by atoms with Gasteiger partial charge in [-0.15, -0.1) is 23.5 Å². The third kappa shape index (κ3) is 2.98. The van der Waals surface area contributed by atoms with Gasteiger partial charge < -0.3 is 0 Å². The van der Waals surface area contributed by atoms with Gasteiger partial charge >= 0.3 is 0 Å². The fourth-order valence-corrected chi connectivity index (χ4v) is 2.98. The summed E-state index contributed by atoms with van der Waals surface area (Å²) in [5.74, 6) is 1.01. The normalized spacial score (nSPS) is 10.5. The highest BCUT2D eigenvalue weighted by Gasteiger charge is 2.06. The summed E-state index contributed by atoms with van der Waals surface area (Å²) in [5, 5.41) is 1.58. The average molecular weight is 253 g/mol. The Morgan fingerprint density at radius 1 is 1.15 bits per heavy atom. The van der Waals surface area contributed by atoms with Crippen LogP contribution in [0.3, 0.4) is 0 Å². The van der Waals surface area contributed by atoms with Crippen molar-refractivity contribution in [1.82, 2.24) is 0 Å². The third-order valence-electron chi connectivity index (χ3n) is 1.51. The molecule has 72 valence electrons. The van der Waals surface area contributed by atoms with Crippen LogP contribution in [-0.2, 0) is 0 Å². The second-order valence-electron chi connectivity index (χ2n) is 2.35. The van der Waals surface area contributed by atoms with Crippen molar-refractivity contribution in [3.05, 3.63) is 22.2 Å². The molecule has 13 heavy (non-hydrogen) atoms. The molecule has 0 bridgehead atoms. The molecule has 0 spiro atoms. The van der Waals surface area contributed by atoms with Gasteiger partial charge in [-0.05, 0) is 24.1 Å². The first-order valence-corrected chi connectivity index (χ1v) is 6.81. The van der Waals surface area contributed by atoms with Gasteiger partial charge in [0.15, 0.2) is 0 Å². The molecule has 0 N–H and O–H groups in total. The minimum atomic E-state index is 0.785. The molecule has 4 heteroatoms. The lowest BCUT2D eigenvalue weighted by Crippen LogP contribution is -1.79. The fraction of sp³-hybridized carbons (Fsp3) is 0.333. The zero-order valence-electron chi connectivity index (χ0n) is 7.43. The topological polar surface area (TPSA) is 0 Å². The molecule has 0 aromatic heterocycles. The molecule has 0 heterocycles. The van der Waals surface area contributed by atoms with Crippen molar-refractivity contribution in [2.24, 2.45) is 0 Å². The van der Waals surface area contributed by atoms with Crippen LogP contribution in [0.4, 0.5) is 0 Å². The highest BCUT2D eigenvalue weighted by atomic mass is 35.5. The minimum absolute atomic E-state index is 0.785. The van der Waals surface area contributed by atoms with E-state index < -0.39 is 0 Å². The number of rotatable bonds is 3.